The highest BCUT2D eigenvalue weighted by atomic mass is 16.4. The molecule has 25 heavy (non-hydrogen) atoms. The van der Waals surface area contributed by atoms with Crippen molar-refractivity contribution in [3.05, 3.63) is 30.2 Å². The molecular formula is C18H22N4O3. The molecule has 1 aromatic heterocycles. The first-order valence-corrected chi connectivity index (χ1v) is 8.77. The monoisotopic (exact) mass is 342 g/mol. The van der Waals surface area contributed by atoms with Gasteiger partial charge in [0.2, 0.25) is 0 Å². The number of carboxylic acid groups (broad SMARTS) is 1. The van der Waals surface area contributed by atoms with Gasteiger partial charge in [0.15, 0.2) is 0 Å². The third kappa shape index (κ3) is 3.11. The van der Waals surface area contributed by atoms with E-state index < -0.39 is 6.09 Å². The summed E-state index contributed by atoms with van der Waals surface area (Å²) in [6.45, 7) is 2.62. The molecule has 1 amide bonds. The van der Waals surface area contributed by atoms with E-state index >= 15 is 0 Å². The van der Waals surface area contributed by atoms with Crippen molar-refractivity contribution in [3.8, 4) is 0 Å². The number of benzene rings is 1. The van der Waals surface area contributed by atoms with Crippen LogP contribution < -0.4 is 4.90 Å². The number of fused-ring (bicyclic) bond motifs is 1. The molecule has 7 nitrogen and oxygen atoms in total. The first-order valence-electron chi connectivity index (χ1n) is 8.77. The number of likely N-dealkylation sites (tertiary alicyclic amines) is 1. The van der Waals surface area contributed by atoms with E-state index in [1.807, 2.05) is 0 Å². The molecular weight excluding hydrogens is 320 g/mol. The van der Waals surface area contributed by atoms with Crippen LogP contribution in [0.25, 0.3) is 10.9 Å². The number of hydrogen-bond acceptors (Lipinski definition) is 5. The summed E-state index contributed by atoms with van der Waals surface area (Å²) in [7, 11) is 0. The van der Waals surface area contributed by atoms with Gasteiger partial charge in [0.05, 0.1) is 17.3 Å². The van der Waals surface area contributed by atoms with Crippen LogP contribution in [0.5, 0.6) is 0 Å². The third-order valence-electron chi connectivity index (χ3n) is 5.33. The van der Waals surface area contributed by atoms with Crippen LogP contribution in [0, 0.1) is 0 Å². The maximum atomic E-state index is 11.1. The molecule has 2 aliphatic rings. The molecule has 0 radical (unpaired) electrons. The van der Waals surface area contributed by atoms with E-state index in [-0.39, 0.29) is 12.0 Å². The van der Waals surface area contributed by atoms with E-state index in [1.165, 1.54) is 4.90 Å². The number of aromatic nitrogens is 2. The smallest absolute Gasteiger partial charge is 0.407 e. The number of rotatable bonds is 2. The van der Waals surface area contributed by atoms with Crippen molar-refractivity contribution >= 4 is 22.7 Å². The number of aliphatic hydroxyl groups excluding tert-OH is 1. The highest BCUT2D eigenvalue weighted by molar-refractivity contribution is 5.84. The summed E-state index contributed by atoms with van der Waals surface area (Å²) in [6.07, 6.45) is 2.88. The van der Waals surface area contributed by atoms with Gasteiger partial charge in [-0.05, 0) is 37.5 Å². The van der Waals surface area contributed by atoms with E-state index in [0.29, 0.717) is 19.6 Å². The molecule has 7 heteroatoms. The lowest BCUT2D eigenvalue weighted by Gasteiger charge is -2.30. The fraction of sp³-hybridized carbons (Fsp3) is 0.500. The largest absolute Gasteiger partial charge is 0.465 e. The van der Waals surface area contributed by atoms with Crippen molar-refractivity contribution in [1.82, 2.24) is 14.9 Å². The Morgan fingerprint density at radius 2 is 1.92 bits per heavy atom. The number of carbonyl (C=O) groups is 1. The number of amides is 1. The van der Waals surface area contributed by atoms with Gasteiger partial charge in [0.1, 0.15) is 6.33 Å². The first kappa shape index (κ1) is 16.1. The lowest BCUT2D eigenvalue weighted by molar-refractivity contribution is 0.132. The maximum absolute atomic E-state index is 11.1. The van der Waals surface area contributed by atoms with Crippen molar-refractivity contribution in [2.45, 2.75) is 31.3 Å². The average molecular weight is 342 g/mol. The molecule has 2 fully saturated rings. The standard InChI is InChI=1S/C18H22N4O3/c23-14-5-8-22(10-14)13-1-2-15-16(9-13)19-11-20-17(15)12-3-6-21(7-4-12)18(24)25/h1-2,9,11-12,14,23H,3-8,10H2,(H,24,25). The molecule has 1 atom stereocenters. The van der Waals surface area contributed by atoms with Crippen molar-refractivity contribution in [2.75, 3.05) is 31.1 Å². The van der Waals surface area contributed by atoms with Crippen molar-refractivity contribution in [3.63, 3.8) is 0 Å². The number of β-amino-alcohol motifs (C(OH)–C–C–N with tert-alkyl or cyclic N) is 1. The molecule has 0 aliphatic carbocycles. The highest BCUT2D eigenvalue weighted by Gasteiger charge is 2.26. The second-order valence-electron chi connectivity index (χ2n) is 6.89. The molecule has 132 valence electrons. The Morgan fingerprint density at radius 1 is 1.12 bits per heavy atom. The molecule has 2 saturated heterocycles. The summed E-state index contributed by atoms with van der Waals surface area (Å²) >= 11 is 0. The van der Waals surface area contributed by atoms with Gasteiger partial charge >= 0.3 is 6.09 Å². The zero-order chi connectivity index (χ0) is 17.4. The SMILES string of the molecule is O=C(O)N1CCC(c2ncnc3cc(N4CCC(O)C4)ccc23)CC1. The second kappa shape index (κ2) is 6.48. The predicted octanol–water partition coefficient (Wildman–Crippen LogP) is 2.06. The first-order chi connectivity index (χ1) is 12.1. The van der Waals surface area contributed by atoms with E-state index in [0.717, 1.165) is 48.1 Å². The van der Waals surface area contributed by atoms with Crippen LogP contribution in [0.3, 0.4) is 0 Å². The van der Waals surface area contributed by atoms with Gasteiger partial charge in [-0.3, -0.25) is 0 Å². The molecule has 3 heterocycles. The maximum Gasteiger partial charge on any atom is 0.407 e. The average Bonchev–Trinajstić information content (AvgIpc) is 3.07. The Bertz CT molecular complexity index is 789. The zero-order valence-electron chi connectivity index (χ0n) is 14.0. The number of aliphatic hydroxyl groups is 1. The Hall–Kier alpha value is -2.41. The van der Waals surface area contributed by atoms with Gasteiger partial charge in [-0.25, -0.2) is 14.8 Å². The van der Waals surface area contributed by atoms with Crippen molar-refractivity contribution < 1.29 is 15.0 Å². The van der Waals surface area contributed by atoms with E-state index in [9.17, 15) is 9.90 Å². The lowest BCUT2D eigenvalue weighted by atomic mass is 9.91. The normalized spacial score (nSPS) is 21.9. The van der Waals surface area contributed by atoms with Crippen LogP contribution in [-0.4, -0.2) is 63.5 Å². The molecule has 2 N–H and O–H groups in total. The zero-order valence-corrected chi connectivity index (χ0v) is 14.0. The summed E-state index contributed by atoms with van der Waals surface area (Å²) in [6, 6.07) is 6.19. The minimum Gasteiger partial charge on any atom is -0.465 e. The highest BCUT2D eigenvalue weighted by Crippen LogP contribution is 2.32. The fourth-order valence-electron chi connectivity index (χ4n) is 3.91. The summed E-state index contributed by atoms with van der Waals surface area (Å²) in [5.74, 6) is 0.264. The van der Waals surface area contributed by atoms with Crippen LogP contribution in [0.15, 0.2) is 24.5 Å². The Balaban J connectivity index is 1.59. The van der Waals surface area contributed by atoms with Gasteiger partial charge in [0, 0.05) is 43.2 Å². The Kier molecular flexibility index (Phi) is 4.17. The second-order valence-corrected chi connectivity index (χ2v) is 6.89. The lowest BCUT2D eigenvalue weighted by Crippen LogP contribution is -2.37. The van der Waals surface area contributed by atoms with Crippen molar-refractivity contribution in [2.24, 2.45) is 0 Å². The molecule has 2 aliphatic heterocycles. The van der Waals surface area contributed by atoms with Gasteiger partial charge in [-0.15, -0.1) is 0 Å². The van der Waals surface area contributed by atoms with Crippen LogP contribution in [0.1, 0.15) is 30.9 Å². The summed E-state index contributed by atoms with van der Waals surface area (Å²) < 4.78 is 0. The summed E-state index contributed by atoms with van der Waals surface area (Å²) in [5.41, 5.74) is 3.00. The Labute approximate surface area is 145 Å². The molecule has 1 aromatic carbocycles. The number of anilines is 1. The van der Waals surface area contributed by atoms with E-state index in [1.54, 1.807) is 6.33 Å². The van der Waals surface area contributed by atoms with Crippen molar-refractivity contribution in [1.29, 1.82) is 0 Å². The van der Waals surface area contributed by atoms with Gasteiger partial charge in [-0.2, -0.15) is 0 Å². The molecule has 2 aromatic rings. The van der Waals surface area contributed by atoms with Gasteiger partial charge in [0.25, 0.3) is 0 Å². The number of piperidine rings is 1. The Morgan fingerprint density at radius 3 is 2.60 bits per heavy atom. The molecule has 0 spiro atoms. The minimum atomic E-state index is -0.844. The van der Waals surface area contributed by atoms with E-state index in [4.69, 9.17) is 5.11 Å². The van der Waals surface area contributed by atoms with Crippen LogP contribution in [-0.2, 0) is 0 Å². The molecule has 4 rings (SSSR count). The summed E-state index contributed by atoms with van der Waals surface area (Å²) in [5, 5.41) is 19.9. The van der Waals surface area contributed by atoms with Crippen LogP contribution in [0.4, 0.5) is 10.5 Å². The van der Waals surface area contributed by atoms with E-state index in [2.05, 4.69) is 33.1 Å². The third-order valence-corrected chi connectivity index (χ3v) is 5.33. The molecule has 0 bridgehead atoms. The molecule has 1 unspecified atom stereocenters. The van der Waals surface area contributed by atoms with Crippen LogP contribution in [0.2, 0.25) is 0 Å². The quantitative estimate of drug-likeness (QED) is 0.868. The van der Waals surface area contributed by atoms with Crippen LogP contribution >= 0.6 is 0 Å². The minimum absolute atomic E-state index is 0.254. The van der Waals surface area contributed by atoms with Gasteiger partial charge < -0.3 is 20.0 Å². The predicted molar refractivity (Wildman–Crippen MR) is 93.9 cm³/mol. The topological polar surface area (TPSA) is 89.8 Å². The summed E-state index contributed by atoms with van der Waals surface area (Å²) in [4.78, 5) is 23.7. The van der Waals surface area contributed by atoms with Gasteiger partial charge in [-0.1, -0.05) is 0 Å². The fourth-order valence-corrected chi connectivity index (χ4v) is 3.91. The number of nitrogens with zero attached hydrogens (tertiary/aromatic N) is 4. The number of hydrogen-bond donors (Lipinski definition) is 2. The molecule has 0 saturated carbocycles.